The highest BCUT2D eigenvalue weighted by molar-refractivity contribution is 5.85. The number of rotatable bonds is 5. The number of allylic oxidation sites excluding steroid dienone is 1. The maximum absolute atomic E-state index is 13.2. The Morgan fingerprint density at radius 3 is 2.62 bits per heavy atom. The highest BCUT2D eigenvalue weighted by Gasteiger charge is 2.14. The van der Waals surface area contributed by atoms with Gasteiger partial charge in [0.15, 0.2) is 5.69 Å². The quantitative estimate of drug-likeness (QED) is 0.409. The van der Waals surface area contributed by atoms with E-state index in [2.05, 4.69) is 36.1 Å². The van der Waals surface area contributed by atoms with E-state index in [1.807, 2.05) is 55.5 Å². The number of H-pyrrole nitrogens is 1. The molecule has 0 aliphatic heterocycles. The number of tetrazole rings is 1. The Morgan fingerprint density at radius 1 is 1.19 bits per heavy atom. The van der Waals surface area contributed by atoms with E-state index in [0.29, 0.717) is 17.9 Å². The van der Waals surface area contributed by atoms with Crippen molar-refractivity contribution >= 4 is 33.2 Å². The lowest BCUT2D eigenvalue weighted by Crippen LogP contribution is -2.25. The Bertz CT molecular complexity index is 1540. The number of pyridine rings is 1. The van der Waals surface area contributed by atoms with Crippen LogP contribution in [0.4, 0.5) is 5.69 Å². The fourth-order valence-corrected chi connectivity index (χ4v) is 3.45. The van der Waals surface area contributed by atoms with E-state index in [0.717, 1.165) is 21.9 Å². The second kappa shape index (κ2) is 7.77. The van der Waals surface area contributed by atoms with Crippen LogP contribution in [0.1, 0.15) is 12.7 Å². The molecule has 2 aromatic carbocycles. The van der Waals surface area contributed by atoms with E-state index in [9.17, 15) is 10.1 Å². The predicted octanol–water partition coefficient (Wildman–Crippen LogP) is 2.24. The van der Waals surface area contributed by atoms with Crippen molar-refractivity contribution in [2.75, 3.05) is 5.32 Å². The Kier molecular flexibility index (Phi) is 4.64. The molecule has 3 aromatic heterocycles. The number of fused-ring (bicyclic) bond motifs is 2. The molecule has 3 heterocycles. The van der Waals surface area contributed by atoms with Crippen molar-refractivity contribution in [2.24, 2.45) is 0 Å². The number of nitrogens with one attached hydrogen (secondary N) is 2. The van der Waals surface area contributed by atoms with Gasteiger partial charge in [0, 0.05) is 23.8 Å². The molecule has 0 fully saturated rings. The Hall–Kier alpha value is -4.85. The lowest BCUT2D eigenvalue weighted by Gasteiger charge is -2.12. The van der Waals surface area contributed by atoms with Crippen LogP contribution in [-0.4, -0.2) is 40.2 Å². The van der Waals surface area contributed by atoms with Gasteiger partial charge in [-0.2, -0.15) is 10.5 Å². The van der Waals surface area contributed by atoms with Crippen molar-refractivity contribution < 1.29 is 0 Å². The first-order valence-corrected chi connectivity index (χ1v) is 9.78. The van der Waals surface area contributed by atoms with Crippen LogP contribution >= 0.6 is 0 Å². The van der Waals surface area contributed by atoms with Gasteiger partial charge < -0.3 is 9.88 Å². The first-order chi connectivity index (χ1) is 15.7. The van der Waals surface area contributed by atoms with E-state index < -0.39 is 0 Å². The van der Waals surface area contributed by atoms with E-state index >= 15 is 0 Å². The predicted molar refractivity (Wildman–Crippen MR) is 118 cm³/mol. The largest absolute Gasteiger partial charge is 0.360 e. The van der Waals surface area contributed by atoms with Crippen LogP contribution in [0.3, 0.4) is 0 Å². The maximum Gasteiger partial charge on any atom is 0.278 e. The van der Waals surface area contributed by atoms with E-state index in [1.165, 1.54) is 11.0 Å². The van der Waals surface area contributed by atoms with Crippen LogP contribution in [0.15, 0.2) is 59.5 Å². The third-order valence-electron chi connectivity index (χ3n) is 4.99. The topological polar surface area (TPSA) is 143 Å². The van der Waals surface area contributed by atoms with Gasteiger partial charge in [0.25, 0.3) is 5.56 Å². The van der Waals surface area contributed by atoms with Crippen LogP contribution in [0, 0.1) is 11.3 Å². The van der Waals surface area contributed by atoms with Crippen molar-refractivity contribution in [3.8, 4) is 11.8 Å². The Morgan fingerprint density at radius 2 is 1.97 bits per heavy atom. The minimum atomic E-state index is -0.197. The Balaban J connectivity index is 1.57. The molecule has 0 unspecified atom stereocenters. The number of aromatic amines is 1. The van der Waals surface area contributed by atoms with Crippen molar-refractivity contribution in [3.05, 3.63) is 70.9 Å². The monoisotopic (exact) mass is 424 g/mol. The summed E-state index contributed by atoms with van der Waals surface area (Å²) in [5.74, 6) is 0.190. The third kappa shape index (κ3) is 3.25. The first-order valence-electron chi connectivity index (χ1n) is 9.78. The second-order valence-electron chi connectivity index (χ2n) is 6.88. The van der Waals surface area contributed by atoms with Gasteiger partial charge in [0.2, 0.25) is 5.82 Å². The summed E-state index contributed by atoms with van der Waals surface area (Å²) < 4.78 is 1.66. The summed E-state index contributed by atoms with van der Waals surface area (Å²) in [6.07, 6.45) is 1.49. The van der Waals surface area contributed by atoms with Gasteiger partial charge in [0.05, 0.1) is 5.52 Å². The van der Waals surface area contributed by atoms with Crippen LogP contribution in [0.5, 0.6) is 0 Å². The summed E-state index contributed by atoms with van der Waals surface area (Å²) in [5, 5.41) is 35.5. The zero-order valence-corrected chi connectivity index (χ0v) is 16.9. The highest BCUT2D eigenvalue weighted by Crippen LogP contribution is 2.21. The number of aromatic nitrogens is 8. The van der Waals surface area contributed by atoms with Crippen molar-refractivity contribution in [1.82, 2.24) is 40.2 Å². The van der Waals surface area contributed by atoms with Crippen molar-refractivity contribution in [3.63, 3.8) is 0 Å². The van der Waals surface area contributed by atoms with Gasteiger partial charge in [-0.25, -0.2) is 0 Å². The lowest BCUT2D eigenvalue weighted by atomic mass is 10.1. The molecular weight excluding hydrogens is 408 g/mol. The van der Waals surface area contributed by atoms with Gasteiger partial charge in [-0.05, 0) is 42.5 Å². The minimum absolute atomic E-state index is 0.190. The van der Waals surface area contributed by atoms with Crippen LogP contribution < -0.4 is 10.9 Å². The number of nitriles is 1. The third-order valence-corrected chi connectivity index (χ3v) is 4.99. The SMILES string of the molecule is CCn1c(=O)c(-n2nc3ccccc3n2)cc2ccc(NC=C(C#N)c3nn[nH]n3)cc21. The van der Waals surface area contributed by atoms with Crippen LogP contribution in [-0.2, 0) is 6.54 Å². The number of hydrogen-bond donors (Lipinski definition) is 2. The smallest absolute Gasteiger partial charge is 0.278 e. The summed E-state index contributed by atoms with van der Waals surface area (Å²) in [6, 6.07) is 16.9. The molecule has 2 N–H and O–H groups in total. The summed E-state index contributed by atoms with van der Waals surface area (Å²) in [5.41, 5.74) is 3.28. The summed E-state index contributed by atoms with van der Waals surface area (Å²) in [7, 11) is 0. The van der Waals surface area contributed by atoms with Crippen LogP contribution in [0.25, 0.3) is 33.2 Å². The Labute approximate surface area is 180 Å². The number of anilines is 1. The molecule has 0 atom stereocenters. The lowest BCUT2D eigenvalue weighted by molar-refractivity contribution is 0.708. The number of aryl methyl sites for hydroxylation is 1. The molecule has 0 radical (unpaired) electrons. The second-order valence-corrected chi connectivity index (χ2v) is 6.88. The summed E-state index contributed by atoms with van der Waals surface area (Å²) >= 11 is 0. The fraction of sp³-hybridized carbons (Fsp3) is 0.0952. The zero-order chi connectivity index (χ0) is 22.1. The molecule has 5 rings (SSSR count). The summed E-state index contributed by atoms with van der Waals surface area (Å²) in [6.45, 7) is 2.37. The molecule has 0 aliphatic carbocycles. The molecule has 32 heavy (non-hydrogen) atoms. The molecule has 0 aliphatic rings. The van der Waals surface area contributed by atoms with Crippen molar-refractivity contribution in [2.45, 2.75) is 13.5 Å². The normalized spacial score (nSPS) is 11.7. The molecule has 0 saturated carbocycles. The first kappa shape index (κ1) is 19.1. The minimum Gasteiger partial charge on any atom is -0.360 e. The van der Waals surface area contributed by atoms with Crippen molar-refractivity contribution in [1.29, 1.82) is 5.26 Å². The highest BCUT2D eigenvalue weighted by atomic mass is 16.1. The van der Waals surface area contributed by atoms with Gasteiger partial charge in [-0.3, -0.25) is 4.79 Å². The number of hydrogen-bond acceptors (Lipinski definition) is 8. The van der Waals surface area contributed by atoms with Gasteiger partial charge in [-0.15, -0.1) is 25.2 Å². The molecule has 0 amide bonds. The molecule has 11 heteroatoms. The van der Waals surface area contributed by atoms with Crippen LogP contribution in [0.2, 0.25) is 0 Å². The number of benzene rings is 2. The standard InChI is InChI=1S/C21H16N10O/c1-2-30-18-10-15(23-12-14(11-22)20-24-28-29-25-20)8-7-13(18)9-19(21(30)32)31-26-16-5-3-4-6-17(16)27-31/h3-10,12,23H,2H2,1H3,(H,24,25,28,29). The van der Waals surface area contributed by atoms with Gasteiger partial charge in [0.1, 0.15) is 22.7 Å². The average Bonchev–Trinajstić information content (AvgIpc) is 3.49. The molecule has 156 valence electrons. The van der Waals surface area contributed by atoms with E-state index in [1.54, 1.807) is 10.6 Å². The number of nitrogens with zero attached hydrogens (tertiary/aromatic N) is 8. The van der Waals surface area contributed by atoms with Gasteiger partial charge >= 0.3 is 0 Å². The average molecular weight is 424 g/mol. The molecular formula is C21H16N10O. The molecule has 0 saturated heterocycles. The van der Waals surface area contributed by atoms with E-state index in [4.69, 9.17) is 0 Å². The maximum atomic E-state index is 13.2. The van der Waals surface area contributed by atoms with E-state index in [-0.39, 0.29) is 17.0 Å². The molecule has 0 bridgehead atoms. The molecule has 0 spiro atoms. The zero-order valence-electron chi connectivity index (χ0n) is 16.9. The fourth-order valence-electron chi connectivity index (χ4n) is 3.45. The van der Waals surface area contributed by atoms with Gasteiger partial charge in [-0.1, -0.05) is 18.2 Å². The molecule has 11 nitrogen and oxygen atoms in total. The summed E-state index contributed by atoms with van der Waals surface area (Å²) in [4.78, 5) is 14.6. The molecule has 5 aromatic rings.